The number of benzene rings is 2. The van der Waals surface area contributed by atoms with Crippen molar-refractivity contribution in [3.8, 4) is 23.1 Å². The van der Waals surface area contributed by atoms with Crippen LogP contribution in [0.3, 0.4) is 0 Å². The summed E-state index contributed by atoms with van der Waals surface area (Å²) in [6, 6.07) is 13.6. The molecule has 0 atom stereocenters. The lowest BCUT2D eigenvalue weighted by Gasteiger charge is -2.30. The van der Waals surface area contributed by atoms with Gasteiger partial charge < -0.3 is 19.5 Å². The normalized spacial score (nSPS) is 16.0. The average molecular weight is 447 g/mol. The monoisotopic (exact) mass is 446 g/mol. The molecule has 3 aromatic rings. The van der Waals surface area contributed by atoms with E-state index in [4.69, 9.17) is 19.4 Å². The molecule has 0 amide bonds. The third-order valence-corrected chi connectivity index (χ3v) is 6.43. The Morgan fingerprint density at radius 2 is 1.82 bits per heavy atom. The van der Waals surface area contributed by atoms with Crippen molar-refractivity contribution in [3.05, 3.63) is 64.8 Å². The lowest BCUT2D eigenvalue weighted by atomic mass is 10.1. The van der Waals surface area contributed by atoms with Gasteiger partial charge in [-0.1, -0.05) is 24.3 Å². The quantitative estimate of drug-likeness (QED) is 0.600. The van der Waals surface area contributed by atoms with E-state index in [1.54, 1.807) is 13.2 Å². The summed E-state index contributed by atoms with van der Waals surface area (Å²) in [5.41, 5.74) is 4.30. The molecule has 5 rings (SSSR count). The highest BCUT2D eigenvalue weighted by molar-refractivity contribution is 5.45. The summed E-state index contributed by atoms with van der Waals surface area (Å²) in [7, 11) is 1.57. The largest absolute Gasteiger partial charge is 0.504 e. The van der Waals surface area contributed by atoms with E-state index < -0.39 is 0 Å². The number of ether oxygens (including phenoxy) is 2. The topological polar surface area (TPSA) is 71.0 Å². The van der Waals surface area contributed by atoms with Crippen molar-refractivity contribution >= 4 is 5.95 Å². The molecule has 7 heteroatoms. The number of aryl methyl sites for hydroxylation is 1. The van der Waals surface area contributed by atoms with Gasteiger partial charge in [0.05, 0.1) is 18.4 Å². The number of aromatic hydroxyl groups is 1. The maximum Gasteiger partial charge on any atom is 0.228 e. The zero-order valence-electron chi connectivity index (χ0n) is 19.3. The number of para-hydroxylation sites is 1. The molecule has 0 unspecified atom stereocenters. The second-order valence-corrected chi connectivity index (χ2v) is 8.78. The van der Waals surface area contributed by atoms with E-state index in [9.17, 15) is 5.11 Å². The van der Waals surface area contributed by atoms with Crippen LogP contribution in [-0.4, -0.2) is 46.7 Å². The van der Waals surface area contributed by atoms with Crippen LogP contribution in [0.2, 0.25) is 0 Å². The zero-order chi connectivity index (χ0) is 22.8. The van der Waals surface area contributed by atoms with Gasteiger partial charge in [-0.3, -0.25) is 4.90 Å². The van der Waals surface area contributed by atoms with Gasteiger partial charge in [-0.05, 0) is 49.1 Å². The summed E-state index contributed by atoms with van der Waals surface area (Å²) in [6.45, 7) is 6.40. The number of rotatable bonds is 6. The van der Waals surface area contributed by atoms with Crippen molar-refractivity contribution in [2.24, 2.45) is 0 Å². The minimum atomic E-state index is 0.155. The molecule has 3 heterocycles. The van der Waals surface area contributed by atoms with Crippen molar-refractivity contribution in [1.29, 1.82) is 0 Å². The van der Waals surface area contributed by atoms with Crippen LogP contribution in [0, 0.1) is 6.92 Å². The lowest BCUT2D eigenvalue weighted by Crippen LogP contribution is -2.32. The van der Waals surface area contributed by atoms with E-state index in [0.29, 0.717) is 18.2 Å². The summed E-state index contributed by atoms with van der Waals surface area (Å²) in [5, 5.41) is 9.91. The van der Waals surface area contributed by atoms with Crippen LogP contribution >= 0.6 is 0 Å². The molecule has 2 aromatic carbocycles. The summed E-state index contributed by atoms with van der Waals surface area (Å²) >= 11 is 0. The van der Waals surface area contributed by atoms with Crippen LogP contribution in [0.15, 0.2) is 42.5 Å². The minimum absolute atomic E-state index is 0.155. The number of hydrogen-bond acceptors (Lipinski definition) is 7. The van der Waals surface area contributed by atoms with Gasteiger partial charge in [-0.15, -0.1) is 0 Å². The highest BCUT2D eigenvalue weighted by Gasteiger charge is 2.26. The SMILES string of the molecule is COc1cc(CN2CCc3nc(N4CCCC4)nc(Oc4ccccc4C)c3C2)ccc1O. The molecule has 7 nitrogen and oxygen atoms in total. The van der Waals surface area contributed by atoms with E-state index >= 15 is 0 Å². The molecule has 1 saturated heterocycles. The molecule has 2 aliphatic heterocycles. The molecule has 0 spiro atoms. The van der Waals surface area contributed by atoms with Crippen molar-refractivity contribution < 1.29 is 14.6 Å². The van der Waals surface area contributed by atoms with Crippen LogP contribution < -0.4 is 14.4 Å². The van der Waals surface area contributed by atoms with E-state index in [1.165, 1.54) is 12.8 Å². The van der Waals surface area contributed by atoms with E-state index in [1.807, 2.05) is 30.3 Å². The first kappa shape index (κ1) is 21.5. The van der Waals surface area contributed by atoms with Crippen LogP contribution in [0.5, 0.6) is 23.1 Å². The number of anilines is 1. The molecular formula is C26H30N4O3. The van der Waals surface area contributed by atoms with Gasteiger partial charge in [0.25, 0.3) is 0 Å². The summed E-state index contributed by atoms with van der Waals surface area (Å²) in [4.78, 5) is 14.5. The molecule has 1 fully saturated rings. The van der Waals surface area contributed by atoms with Gasteiger partial charge in [-0.25, -0.2) is 4.98 Å². The fraction of sp³-hybridized carbons (Fsp3) is 0.385. The number of methoxy groups -OCH3 is 1. The van der Waals surface area contributed by atoms with Crippen molar-refractivity contribution in [2.45, 2.75) is 39.3 Å². The fourth-order valence-corrected chi connectivity index (χ4v) is 4.56. The predicted molar refractivity (Wildman–Crippen MR) is 127 cm³/mol. The number of phenolic OH excluding ortho intramolecular Hbond substituents is 1. The average Bonchev–Trinajstić information content (AvgIpc) is 3.37. The Bertz CT molecular complexity index is 1140. The highest BCUT2D eigenvalue weighted by Crippen LogP contribution is 2.34. The first-order valence-corrected chi connectivity index (χ1v) is 11.6. The minimum Gasteiger partial charge on any atom is -0.504 e. The van der Waals surface area contributed by atoms with Crippen molar-refractivity contribution in [3.63, 3.8) is 0 Å². The highest BCUT2D eigenvalue weighted by atomic mass is 16.5. The smallest absolute Gasteiger partial charge is 0.228 e. The first-order chi connectivity index (χ1) is 16.1. The lowest BCUT2D eigenvalue weighted by molar-refractivity contribution is 0.237. The van der Waals surface area contributed by atoms with Gasteiger partial charge in [0.1, 0.15) is 5.75 Å². The molecule has 0 saturated carbocycles. The Morgan fingerprint density at radius 1 is 1.00 bits per heavy atom. The molecule has 0 aliphatic carbocycles. The second-order valence-electron chi connectivity index (χ2n) is 8.78. The van der Waals surface area contributed by atoms with Gasteiger partial charge in [0.15, 0.2) is 11.5 Å². The van der Waals surface area contributed by atoms with E-state index in [-0.39, 0.29) is 5.75 Å². The van der Waals surface area contributed by atoms with Crippen molar-refractivity contribution in [2.75, 3.05) is 31.6 Å². The third kappa shape index (κ3) is 4.59. The van der Waals surface area contributed by atoms with E-state index in [0.717, 1.165) is 66.7 Å². The number of fused-ring (bicyclic) bond motifs is 1. The summed E-state index contributed by atoms with van der Waals surface area (Å²) in [6.07, 6.45) is 3.20. The maximum absolute atomic E-state index is 9.91. The Morgan fingerprint density at radius 3 is 2.61 bits per heavy atom. The van der Waals surface area contributed by atoms with Gasteiger partial charge in [0.2, 0.25) is 11.8 Å². The van der Waals surface area contributed by atoms with Gasteiger partial charge in [-0.2, -0.15) is 4.98 Å². The van der Waals surface area contributed by atoms with Crippen molar-refractivity contribution in [1.82, 2.24) is 14.9 Å². The third-order valence-electron chi connectivity index (χ3n) is 6.43. The van der Waals surface area contributed by atoms with Crippen LogP contribution in [0.4, 0.5) is 5.95 Å². The Labute approximate surface area is 194 Å². The summed E-state index contributed by atoms with van der Waals surface area (Å²) in [5.74, 6) is 2.91. The molecule has 2 aliphatic rings. The molecule has 1 N–H and O–H groups in total. The Hall–Kier alpha value is -3.32. The zero-order valence-corrected chi connectivity index (χ0v) is 19.3. The molecule has 0 radical (unpaired) electrons. The molecule has 1 aromatic heterocycles. The second kappa shape index (κ2) is 9.27. The fourth-order valence-electron chi connectivity index (χ4n) is 4.56. The molecular weight excluding hydrogens is 416 g/mol. The number of nitrogens with zero attached hydrogens (tertiary/aromatic N) is 4. The molecule has 33 heavy (non-hydrogen) atoms. The van der Waals surface area contributed by atoms with E-state index in [2.05, 4.69) is 22.8 Å². The van der Waals surface area contributed by atoms with Gasteiger partial charge in [0, 0.05) is 39.1 Å². The van der Waals surface area contributed by atoms with Crippen LogP contribution in [-0.2, 0) is 19.5 Å². The predicted octanol–water partition coefficient (Wildman–Crippen LogP) is 4.45. The van der Waals surface area contributed by atoms with Crippen LogP contribution in [0.1, 0.15) is 35.2 Å². The Kier molecular flexibility index (Phi) is 6.05. The maximum atomic E-state index is 9.91. The van der Waals surface area contributed by atoms with Crippen LogP contribution in [0.25, 0.3) is 0 Å². The summed E-state index contributed by atoms with van der Waals surface area (Å²) < 4.78 is 11.7. The molecule has 172 valence electrons. The van der Waals surface area contributed by atoms with Gasteiger partial charge >= 0.3 is 0 Å². The molecule has 0 bridgehead atoms. The standard InChI is InChI=1S/C26H30N4O3/c1-18-7-3-4-8-23(18)33-25-20-17-29(16-19-9-10-22(31)24(15-19)32-2)14-11-21(20)27-26(28-25)30-12-5-6-13-30/h3-4,7-10,15,31H,5-6,11-14,16-17H2,1-2H3. The number of hydrogen-bond donors (Lipinski definition) is 1. The Balaban J connectivity index is 1.45. The number of phenols is 1. The first-order valence-electron chi connectivity index (χ1n) is 11.6. The number of aromatic nitrogens is 2.